The normalized spacial score (nSPS) is 18.5. The average molecular weight is 433 g/mol. The molecule has 1 atom stereocenters. The van der Waals surface area contributed by atoms with E-state index in [1.165, 1.54) is 34.4 Å². The second-order valence-electron chi connectivity index (χ2n) is 8.01. The van der Waals surface area contributed by atoms with Gasteiger partial charge >= 0.3 is 0 Å². The number of aromatic nitrogens is 3. The van der Waals surface area contributed by atoms with Crippen LogP contribution < -0.4 is 4.90 Å². The highest BCUT2D eigenvalue weighted by molar-refractivity contribution is 7.19. The first-order chi connectivity index (χ1) is 15.3. The first-order valence-electron chi connectivity index (χ1n) is 10.6. The van der Waals surface area contributed by atoms with Gasteiger partial charge in [0.15, 0.2) is 5.82 Å². The third-order valence-electron chi connectivity index (χ3n) is 6.07. The Morgan fingerprint density at radius 2 is 2.00 bits per heavy atom. The SMILES string of the molecule is Fc1ccc(C2CN(c3nc(-c4cccnc4)nc4sc5c(c34)CCC5)CCO2)cc1. The Balaban J connectivity index is 1.45. The third-order valence-corrected chi connectivity index (χ3v) is 7.26. The summed E-state index contributed by atoms with van der Waals surface area (Å²) in [5, 5.41) is 1.20. The van der Waals surface area contributed by atoms with Gasteiger partial charge in [0.25, 0.3) is 0 Å². The minimum Gasteiger partial charge on any atom is -0.370 e. The summed E-state index contributed by atoms with van der Waals surface area (Å²) in [5.74, 6) is 1.46. The molecule has 5 nitrogen and oxygen atoms in total. The van der Waals surface area contributed by atoms with Crippen LogP contribution in [-0.4, -0.2) is 34.6 Å². The van der Waals surface area contributed by atoms with Gasteiger partial charge < -0.3 is 9.64 Å². The molecule has 1 aliphatic heterocycles. The molecule has 0 radical (unpaired) electrons. The second-order valence-corrected chi connectivity index (χ2v) is 9.09. The van der Waals surface area contributed by atoms with E-state index in [1.807, 2.05) is 30.5 Å². The van der Waals surface area contributed by atoms with Gasteiger partial charge in [-0.1, -0.05) is 12.1 Å². The van der Waals surface area contributed by atoms with Crippen LogP contribution in [0.3, 0.4) is 0 Å². The van der Waals surface area contributed by atoms with Crippen molar-refractivity contribution in [2.75, 3.05) is 24.6 Å². The number of anilines is 1. The van der Waals surface area contributed by atoms with E-state index in [4.69, 9.17) is 14.7 Å². The predicted octanol–water partition coefficient (Wildman–Crippen LogP) is 4.96. The van der Waals surface area contributed by atoms with E-state index < -0.39 is 0 Å². The van der Waals surface area contributed by atoms with Gasteiger partial charge in [0.05, 0.1) is 12.0 Å². The number of pyridine rings is 1. The quantitative estimate of drug-likeness (QED) is 0.458. The Morgan fingerprint density at radius 1 is 1.10 bits per heavy atom. The summed E-state index contributed by atoms with van der Waals surface area (Å²) >= 11 is 1.80. The van der Waals surface area contributed by atoms with E-state index in [0.717, 1.165) is 41.2 Å². The van der Waals surface area contributed by atoms with Gasteiger partial charge in [-0.2, -0.15) is 0 Å². The number of ether oxygens (including phenoxy) is 1. The van der Waals surface area contributed by atoms with Crippen LogP contribution in [0.25, 0.3) is 21.6 Å². The molecular formula is C24H21FN4OS. The lowest BCUT2D eigenvalue weighted by molar-refractivity contribution is 0.0396. The number of benzene rings is 1. The van der Waals surface area contributed by atoms with Crippen molar-refractivity contribution < 1.29 is 9.13 Å². The van der Waals surface area contributed by atoms with Gasteiger partial charge in [-0.25, -0.2) is 14.4 Å². The Hall–Kier alpha value is -2.90. The van der Waals surface area contributed by atoms with Crippen molar-refractivity contribution >= 4 is 27.4 Å². The Morgan fingerprint density at radius 3 is 2.84 bits per heavy atom. The number of thiophene rings is 1. The van der Waals surface area contributed by atoms with E-state index in [0.29, 0.717) is 19.0 Å². The highest BCUT2D eigenvalue weighted by Crippen LogP contribution is 2.42. The zero-order valence-corrected chi connectivity index (χ0v) is 17.7. The summed E-state index contributed by atoms with van der Waals surface area (Å²) in [5.41, 5.74) is 3.32. The topological polar surface area (TPSA) is 51.1 Å². The first-order valence-corrected chi connectivity index (χ1v) is 11.4. The molecule has 6 rings (SSSR count). The number of hydrogen-bond donors (Lipinski definition) is 0. The molecule has 0 N–H and O–H groups in total. The predicted molar refractivity (Wildman–Crippen MR) is 120 cm³/mol. The van der Waals surface area contributed by atoms with Crippen LogP contribution in [-0.2, 0) is 17.6 Å². The molecule has 2 aliphatic rings. The fourth-order valence-corrected chi connectivity index (χ4v) is 5.81. The van der Waals surface area contributed by atoms with E-state index in [2.05, 4.69) is 9.88 Å². The number of aryl methyl sites for hydroxylation is 2. The van der Waals surface area contributed by atoms with E-state index in [-0.39, 0.29) is 11.9 Å². The Kier molecular flexibility index (Phi) is 4.65. The average Bonchev–Trinajstić information content (AvgIpc) is 3.41. The van der Waals surface area contributed by atoms with Gasteiger partial charge in [-0.3, -0.25) is 4.98 Å². The number of hydrogen-bond acceptors (Lipinski definition) is 6. The molecule has 0 bridgehead atoms. The van der Waals surface area contributed by atoms with Crippen molar-refractivity contribution in [3.05, 3.63) is 70.6 Å². The molecule has 4 aromatic rings. The molecule has 0 spiro atoms. The van der Waals surface area contributed by atoms with Crippen LogP contribution in [0.2, 0.25) is 0 Å². The molecule has 7 heteroatoms. The molecule has 1 saturated heterocycles. The van der Waals surface area contributed by atoms with Crippen molar-refractivity contribution in [1.29, 1.82) is 0 Å². The van der Waals surface area contributed by atoms with Crippen molar-refractivity contribution in [3.63, 3.8) is 0 Å². The number of halogens is 1. The molecule has 1 aromatic carbocycles. The second kappa shape index (κ2) is 7.66. The van der Waals surface area contributed by atoms with E-state index in [1.54, 1.807) is 17.5 Å². The number of morpholine rings is 1. The highest BCUT2D eigenvalue weighted by Gasteiger charge is 2.29. The molecule has 0 amide bonds. The third kappa shape index (κ3) is 3.38. The largest absolute Gasteiger partial charge is 0.370 e. The molecule has 1 aliphatic carbocycles. The van der Waals surface area contributed by atoms with Crippen molar-refractivity contribution in [2.24, 2.45) is 0 Å². The van der Waals surface area contributed by atoms with Crippen LogP contribution in [0.15, 0.2) is 48.8 Å². The fraction of sp³-hybridized carbons (Fsp3) is 0.292. The smallest absolute Gasteiger partial charge is 0.164 e. The van der Waals surface area contributed by atoms with Crippen LogP contribution >= 0.6 is 11.3 Å². The molecule has 1 unspecified atom stereocenters. The van der Waals surface area contributed by atoms with Gasteiger partial charge in [0, 0.05) is 35.9 Å². The first kappa shape index (κ1) is 18.8. The Bertz CT molecular complexity index is 1240. The zero-order valence-electron chi connectivity index (χ0n) is 16.9. The number of rotatable bonds is 3. The van der Waals surface area contributed by atoms with Crippen LogP contribution in [0.1, 0.15) is 28.5 Å². The molecule has 4 heterocycles. The fourth-order valence-electron chi connectivity index (χ4n) is 4.55. The maximum Gasteiger partial charge on any atom is 0.164 e. The lowest BCUT2D eigenvalue weighted by atomic mass is 10.1. The van der Waals surface area contributed by atoms with E-state index >= 15 is 0 Å². The van der Waals surface area contributed by atoms with Gasteiger partial charge in [0.1, 0.15) is 22.6 Å². The molecule has 3 aromatic heterocycles. The molecule has 156 valence electrons. The van der Waals surface area contributed by atoms with Crippen molar-refractivity contribution in [3.8, 4) is 11.4 Å². The van der Waals surface area contributed by atoms with E-state index in [9.17, 15) is 4.39 Å². The minimum absolute atomic E-state index is 0.118. The van der Waals surface area contributed by atoms with Crippen molar-refractivity contribution in [1.82, 2.24) is 15.0 Å². The van der Waals surface area contributed by atoms with Crippen LogP contribution in [0, 0.1) is 5.82 Å². The highest BCUT2D eigenvalue weighted by atomic mass is 32.1. The molecule has 1 fully saturated rings. The molecular weight excluding hydrogens is 411 g/mol. The summed E-state index contributed by atoms with van der Waals surface area (Å²) in [6.07, 6.45) is 6.86. The standard InChI is InChI=1S/C24H21FN4OS/c25-17-8-6-15(7-9-17)19-14-29(11-12-30-19)23-21-18-4-1-5-20(18)31-24(21)28-22(27-23)16-3-2-10-26-13-16/h2-3,6-10,13,19H,1,4-5,11-12,14H2. The van der Waals surface area contributed by atoms with Gasteiger partial charge in [0.2, 0.25) is 0 Å². The Labute approximate surface area is 183 Å². The molecule has 31 heavy (non-hydrogen) atoms. The summed E-state index contributed by atoms with van der Waals surface area (Å²) in [7, 11) is 0. The lowest BCUT2D eigenvalue weighted by Crippen LogP contribution is -2.39. The number of fused-ring (bicyclic) bond motifs is 3. The van der Waals surface area contributed by atoms with Gasteiger partial charge in [-0.05, 0) is 54.7 Å². The summed E-state index contributed by atoms with van der Waals surface area (Å²) < 4.78 is 19.4. The lowest BCUT2D eigenvalue weighted by Gasteiger charge is -2.34. The van der Waals surface area contributed by atoms with Gasteiger partial charge in [-0.15, -0.1) is 11.3 Å². The monoisotopic (exact) mass is 432 g/mol. The zero-order chi connectivity index (χ0) is 20.8. The maximum absolute atomic E-state index is 13.4. The van der Waals surface area contributed by atoms with Crippen molar-refractivity contribution in [2.45, 2.75) is 25.4 Å². The number of nitrogens with zero attached hydrogens (tertiary/aromatic N) is 4. The minimum atomic E-state index is -0.233. The summed E-state index contributed by atoms with van der Waals surface area (Å²) in [6, 6.07) is 10.5. The summed E-state index contributed by atoms with van der Waals surface area (Å²) in [6.45, 7) is 2.04. The maximum atomic E-state index is 13.4. The van der Waals surface area contributed by atoms with Crippen LogP contribution in [0.5, 0.6) is 0 Å². The van der Waals surface area contributed by atoms with Crippen LogP contribution in [0.4, 0.5) is 10.2 Å². The summed E-state index contributed by atoms with van der Waals surface area (Å²) in [4.78, 5) is 19.0. The molecule has 0 saturated carbocycles.